The van der Waals surface area contributed by atoms with Gasteiger partial charge in [0.05, 0.1) is 22.4 Å². The first kappa shape index (κ1) is 20.9. The Labute approximate surface area is 183 Å². The summed E-state index contributed by atoms with van der Waals surface area (Å²) >= 11 is 0. The van der Waals surface area contributed by atoms with Gasteiger partial charge >= 0.3 is 6.09 Å². The summed E-state index contributed by atoms with van der Waals surface area (Å²) in [5.74, 6) is 0. The van der Waals surface area contributed by atoms with E-state index in [4.69, 9.17) is 4.74 Å². The van der Waals surface area contributed by atoms with Crippen molar-refractivity contribution in [2.75, 3.05) is 36.4 Å². The molecular formula is C24H29N5O2. The molecule has 0 radical (unpaired) electrons. The summed E-state index contributed by atoms with van der Waals surface area (Å²) in [4.78, 5) is 25.2. The number of piperazine rings is 1. The predicted molar refractivity (Wildman–Crippen MR) is 123 cm³/mol. The van der Waals surface area contributed by atoms with E-state index in [2.05, 4.69) is 44.5 Å². The van der Waals surface area contributed by atoms with E-state index in [1.807, 2.05) is 39.0 Å². The van der Waals surface area contributed by atoms with Gasteiger partial charge in [0.15, 0.2) is 0 Å². The number of carbonyl (C=O) groups excluding carboxylic acids is 1. The van der Waals surface area contributed by atoms with Crippen molar-refractivity contribution in [3.05, 3.63) is 60.4 Å². The molecule has 162 valence electrons. The number of hydrogen-bond acceptors (Lipinski definition) is 6. The highest BCUT2D eigenvalue weighted by atomic mass is 16.6. The van der Waals surface area contributed by atoms with Crippen molar-refractivity contribution in [1.29, 1.82) is 0 Å². The number of benzene rings is 2. The Kier molecular flexibility index (Phi) is 5.93. The second-order valence-corrected chi connectivity index (χ2v) is 8.70. The Morgan fingerprint density at radius 2 is 1.71 bits per heavy atom. The number of anilines is 2. The van der Waals surface area contributed by atoms with Crippen LogP contribution in [0.5, 0.6) is 0 Å². The van der Waals surface area contributed by atoms with Crippen molar-refractivity contribution in [3.8, 4) is 0 Å². The molecule has 1 N–H and O–H groups in total. The van der Waals surface area contributed by atoms with Gasteiger partial charge in [0, 0.05) is 45.1 Å². The predicted octanol–water partition coefficient (Wildman–Crippen LogP) is 4.30. The van der Waals surface area contributed by atoms with Crippen LogP contribution in [0.4, 0.5) is 16.2 Å². The number of amides is 1. The number of carbonyl (C=O) groups is 1. The van der Waals surface area contributed by atoms with Gasteiger partial charge < -0.3 is 19.9 Å². The molecule has 4 rings (SSSR count). The van der Waals surface area contributed by atoms with Crippen LogP contribution >= 0.6 is 0 Å². The summed E-state index contributed by atoms with van der Waals surface area (Å²) in [7, 11) is 0. The minimum absolute atomic E-state index is 0.238. The molecule has 1 fully saturated rings. The largest absolute Gasteiger partial charge is 0.444 e. The fraction of sp³-hybridized carbons (Fsp3) is 0.375. The van der Waals surface area contributed by atoms with Gasteiger partial charge in [0.25, 0.3) is 0 Å². The van der Waals surface area contributed by atoms with E-state index < -0.39 is 5.60 Å². The molecule has 2 aromatic carbocycles. The third kappa shape index (κ3) is 5.23. The molecule has 0 unspecified atom stereocenters. The molecule has 1 aliphatic heterocycles. The summed E-state index contributed by atoms with van der Waals surface area (Å²) in [6, 6.07) is 14.4. The Balaban J connectivity index is 1.40. The molecule has 0 aliphatic carbocycles. The van der Waals surface area contributed by atoms with Gasteiger partial charge in [0.1, 0.15) is 5.60 Å². The smallest absolute Gasteiger partial charge is 0.410 e. The van der Waals surface area contributed by atoms with Gasteiger partial charge in [-0.2, -0.15) is 0 Å². The first-order chi connectivity index (χ1) is 14.9. The van der Waals surface area contributed by atoms with Gasteiger partial charge in [0.2, 0.25) is 0 Å². The average Bonchev–Trinajstić information content (AvgIpc) is 2.77. The van der Waals surface area contributed by atoms with Crippen LogP contribution in [-0.2, 0) is 11.3 Å². The number of hydrogen-bond donors (Lipinski definition) is 1. The molecule has 0 atom stereocenters. The van der Waals surface area contributed by atoms with Crippen molar-refractivity contribution >= 4 is 28.5 Å². The average molecular weight is 420 g/mol. The Morgan fingerprint density at radius 1 is 1.00 bits per heavy atom. The molecule has 7 nitrogen and oxygen atoms in total. The minimum atomic E-state index is -0.473. The van der Waals surface area contributed by atoms with Crippen molar-refractivity contribution in [2.45, 2.75) is 32.9 Å². The highest BCUT2D eigenvalue weighted by molar-refractivity contribution is 5.75. The molecule has 1 saturated heterocycles. The third-order valence-corrected chi connectivity index (χ3v) is 5.19. The van der Waals surface area contributed by atoms with Crippen molar-refractivity contribution < 1.29 is 9.53 Å². The van der Waals surface area contributed by atoms with Crippen LogP contribution in [0.15, 0.2) is 54.9 Å². The second kappa shape index (κ2) is 8.79. The lowest BCUT2D eigenvalue weighted by Crippen LogP contribution is -2.50. The Bertz CT molecular complexity index is 1060. The van der Waals surface area contributed by atoms with Crippen LogP contribution in [0.2, 0.25) is 0 Å². The zero-order valence-electron chi connectivity index (χ0n) is 18.3. The molecule has 0 saturated carbocycles. The minimum Gasteiger partial charge on any atom is -0.444 e. The summed E-state index contributed by atoms with van der Waals surface area (Å²) in [5, 5.41) is 3.56. The van der Waals surface area contributed by atoms with E-state index in [0.717, 1.165) is 41.1 Å². The maximum atomic E-state index is 12.3. The van der Waals surface area contributed by atoms with Crippen LogP contribution in [0.1, 0.15) is 26.3 Å². The molecular weight excluding hydrogens is 390 g/mol. The van der Waals surface area contributed by atoms with Crippen LogP contribution in [0.25, 0.3) is 11.0 Å². The normalized spacial score (nSPS) is 14.5. The number of ether oxygens (including phenoxy) is 1. The lowest BCUT2D eigenvalue weighted by Gasteiger charge is -2.37. The standard InChI is InChI=1S/C24H29N5O2/c1-24(2,3)31-23(30)29-14-12-28(13-15-29)22-7-5-4-6-20(22)27-17-18-8-9-19-21(16-18)26-11-10-25-19/h4-11,16,27H,12-15,17H2,1-3H3. The first-order valence-electron chi connectivity index (χ1n) is 10.6. The maximum absolute atomic E-state index is 12.3. The highest BCUT2D eigenvalue weighted by Gasteiger charge is 2.26. The van der Waals surface area contributed by atoms with E-state index in [1.165, 1.54) is 0 Å². The van der Waals surface area contributed by atoms with Gasteiger partial charge in [-0.1, -0.05) is 18.2 Å². The number of fused-ring (bicyclic) bond motifs is 1. The van der Waals surface area contributed by atoms with E-state index in [9.17, 15) is 4.79 Å². The number of para-hydroxylation sites is 2. The Hall–Kier alpha value is -3.35. The summed E-state index contributed by atoms with van der Waals surface area (Å²) < 4.78 is 5.51. The fourth-order valence-corrected chi connectivity index (χ4v) is 3.67. The number of aromatic nitrogens is 2. The number of nitrogens with zero attached hydrogens (tertiary/aromatic N) is 4. The van der Waals surface area contributed by atoms with Gasteiger partial charge in [-0.3, -0.25) is 9.97 Å². The quantitative estimate of drug-likeness (QED) is 0.680. The van der Waals surface area contributed by atoms with Crippen LogP contribution in [0, 0.1) is 0 Å². The molecule has 2 heterocycles. The molecule has 0 spiro atoms. The van der Waals surface area contributed by atoms with E-state index in [-0.39, 0.29) is 6.09 Å². The van der Waals surface area contributed by atoms with E-state index in [0.29, 0.717) is 19.6 Å². The van der Waals surface area contributed by atoms with Crippen LogP contribution < -0.4 is 10.2 Å². The van der Waals surface area contributed by atoms with Crippen molar-refractivity contribution in [3.63, 3.8) is 0 Å². The lowest BCUT2D eigenvalue weighted by atomic mass is 10.1. The SMILES string of the molecule is CC(C)(C)OC(=O)N1CCN(c2ccccc2NCc2ccc3nccnc3c2)CC1. The molecule has 1 aromatic heterocycles. The molecule has 1 amide bonds. The van der Waals surface area contributed by atoms with Gasteiger partial charge in [-0.05, 0) is 50.6 Å². The zero-order valence-corrected chi connectivity index (χ0v) is 18.3. The van der Waals surface area contributed by atoms with Crippen LogP contribution in [-0.4, -0.2) is 52.7 Å². The molecule has 31 heavy (non-hydrogen) atoms. The molecule has 7 heteroatoms. The molecule has 3 aromatic rings. The van der Waals surface area contributed by atoms with Crippen molar-refractivity contribution in [1.82, 2.24) is 14.9 Å². The summed E-state index contributed by atoms with van der Waals surface area (Å²) in [6.45, 7) is 9.20. The summed E-state index contributed by atoms with van der Waals surface area (Å²) in [5.41, 5.74) is 4.69. The Morgan fingerprint density at radius 3 is 2.45 bits per heavy atom. The van der Waals surface area contributed by atoms with Crippen molar-refractivity contribution in [2.24, 2.45) is 0 Å². The first-order valence-corrected chi connectivity index (χ1v) is 10.6. The fourth-order valence-electron chi connectivity index (χ4n) is 3.67. The van der Waals surface area contributed by atoms with Crippen LogP contribution in [0.3, 0.4) is 0 Å². The van der Waals surface area contributed by atoms with E-state index >= 15 is 0 Å². The zero-order chi connectivity index (χ0) is 21.8. The lowest BCUT2D eigenvalue weighted by molar-refractivity contribution is 0.0240. The number of rotatable bonds is 4. The monoisotopic (exact) mass is 419 g/mol. The third-order valence-electron chi connectivity index (χ3n) is 5.19. The second-order valence-electron chi connectivity index (χ2n) is 8.70. The number of nitrogens with one attached hydrogen (secondary N) is 1. The topological polar surface area (TPSA) is 70.6 Å². The van der Waals surface area contributed by atoms with Gasteiger partial charge in [-0.25, -0.2) is 4.79 Å². The van der Waals surface area contributed by atoms with E-state index in [1.54, 1.807) is 17.3 Å². The summed E-state index contributed by atoms with van der Waals surface area (Å²) in [6.07, 6.45) is 3.18. The maximum Gasteiger partial charge on any atom is 0.410 e. The molecule has 1 aliphatic rings. The highest BCUT2D eigenvalue weighted by Crippen LogP contribution is 2.27. The van der Waals surface area contributed by atoms with Gasteiger partial charge in [-0.15, -0.1) is 0 Å². The molecule has 0 bridgehead atoms.